The monoisotopic (exact) mass is 356 g/mol. The zero-order chi connectivity index (χ0) is 17.6. The molecular weight excluding hydrogens is 332 g/mol. The molecule has 1 amide bonds. The van der Waals surface area contributed by atoms with E-state index in [4.69, 9.17) is 0 Å². The van der Waals surface area contributed by atoms with Crippen LogP contribution in [0.25, 0.3) is 0 Å². The van der Waals surface area contributed by atoms with Gasteiger partial charge in [-0.15, -0.1) is 16.8 Å². The first kappa shape index (κ1) is 17.7. The highest BCUT2D eigenvalue weighted by molar-refractivity contribution is 8.00. The minimum atomic E-state index is -0.300. The minimum Gasteiger partial charge on any atom is -0.341 e. The number of hydrogen-bond donors (Lipinski definition) is 0. The Kier molecular flexibility index (Phi) is 5.91. The van der Waals surface area contributed by atoms with E-state index in [1.54, 1.807) is 0 Å². The summed E-state index contributed by atoms with van der Waals surface area (Å²) in [6.45, 7) is 8.06. The number of rotatable bonds is 6. The van der Waals surface area contributed by atoms with Crippen LogP contribution in [0.4, 0.5) is 0 Å². The molecule has 3 rings (SSSR count). The lowest BCUT2D eigenvalue weighted by atomic mass is 10.1. The summed E-state index contributed by atoms with van der Waals surface area (Å²) in [6, 6.07) is 9.96. The summed E-state index contributed by atoms with van der Waals surface area (Å²) in [5.74, 6) is 1.00. The average molecular weight is 356 g/mol. The summed E-state index contributed by atoms with van der Waals surface area (Å²) in [5, 5.41) is 8.92. The maximum atomic E-state index is 13.2. The van der Waals surface area contributed by atoms with E-state index in [0.29, 0.717) is 6.54 Å². The number of thioether (sulfide) groups is 1. The molecule has 0 bridgehead atoms. The van der Waals surface area contributed by atoms with Gasteiger partial charge >= 0.3 is 0 Å². The van der Waals surface area contributed by atoms with Crippen molar-refractivity contribution < 1.29 is 4.79 Å². The van der Waals surface area contributed by atoms with Crippen molar-refractivity contribution in [3.63, 3.8) is 0 Å². The van der Waals surface area contributed by atoms with E-state index in [2.05, 4.69) is 16.8 Å². The molecule has 1 fully saturated rings. The van der Waals surface area contributed by atoms with Gasteiger partial charge in [-0.25, -0.2) is 0 Å². The van der Waals surface area contributed by atoms with Crippen molar-refractivity contribution in [2.24, 2.45) is 0 Å². The second-order valence-electron chi connectivity index (χ2n) is 6.22. The van der Waals surface area contributed by atoms with Gasteiger partial charge in [-0.3, -0.25) is 4.79 Å². The van der Waals surface area contributed by atoms with Crippen LogP contribution in [0.3, 0.4) is 0 Å². The van der Waals surface area contributed by atoms with Gasteiger partial charge in [0, 0.05) is 19.6 Å². The van der Waals surface area contributed by atoms with Gasteiger partial charge in [0.2, 0.25) is 5.91 Å². The largest absolute Gasteiger partial charge is 0.341 e. The molecule has 1 aliphatic rings. The molecule has 1 aromatic heterocycles. The first-order valence-corrected chi connectivity index (χ1v) is 9.59. The van der Waals surface area contributed by atoms with E-state index in [9.17, 15) is 4.79 Å². The van der Waals surface area contributed by atoms with E-state index >= 15 is 0 Å². The third-order valence-electron chi connectivity index (χ3n) is 4.43. The minimum absolute atomic E-state index is 0.168. The van der Waals surface area contributed by atoms with Crippen LogP contribution >= 0.6 is 11.8 Å². The lowest BCUT2D eigenvalue weighted by Gasteiger charge is -2.30. The first-order valence-electron chi connectivity index (χ1n) is 8.72. The second-order valence-corrected chi connectivity index (χ2v) is 7.30. The number of benzene rings is 1. The van der Waals surface area contributed by atoms with Gasteiger partial charge in [0.25, 0.3) is 0 Å². The second kappa shape index (κ2) is 8.34. The zero-order valence-corrected chi connectivity index (χ0v) is 15.4. The number of carbonyl (C=O) groups is 1. The van der Waals surface area contributed by atoms with Crippen molar-refractivity contribution in [2.75, 3.05) is 13.1 Å². The van der Waals surface area contributed by atoms with Gasteiger partial charge in [-0.2, -0.15) is 0 Å². The summed E-state index contributed by atoms with van der Waals surface area (Å²) < 4.78 is 2.00. The van der Waals surface area contributed by atoms with Crippen molar-refractivity contribution in [3.8, 4) is 0 Å². The van der Waals surface area contributed by atoms with Crippen LogP contribution in [-0.4, -0.2) is 38.7 Å². The van der Waals surface area contributed by atoms with Crippen molar-refractivity contribution in [3.05, 3.63) is 54.4 Å². The van der Waals surface area contributed by atoms with Crippen LogP contribution in [-0.2, 0) is 11.3 Å². The summed E-state index contributed by atoms with van der Waals surface area (Å²) >= 11 is 1.48. The van der Waals surface area contributed by atoms with E-state index in [1.165, 1.54) is 18.2 Å². The van der Waals surface area contributed by atoms with Crippen molar-refractivity contribution in [2.45, 2.75) is 43.1 Å². The molecule has 0 N–H and O–H groups in total. The number of likely N-dealkylation sites (tertiary alicyclic amines) is 1. The van der Waals surface area contributed by atoms with Crippen molar-refractivity contribution >= 4 is 17.7 Å². The maximum Gasteiger partial charge on any atom is 0.240 e. The van der Waals surface area contributed by atoms with Gasteiger partial charge < -0.3 is 9.47 Å². The third kappa shape index (κ3) is 4.12. The lowest BCUT2D eigenvalue weighted by Crippen LogP contribution is -2.38. The Bertz CT molecular complexity index is 722. The van der Waals surface area contributed by atoms with Gasteiger partial charge in [0.1, 0.15) is 11.1 Å². The number of aromatic nitrogens is 3. The summed E-state index contributed by atoms with van der Waals surface area (Å²) in [7, 11) is 0. The Balaban J connectivity index is 1.89. The molecule has 0 radical (unpaired) electrons. The Hall–Kier alpha value is -2.08. The van der Waals surface area contributed by atoms with E-state index in [0.717, 1.165) is 42.5 Å². The summed E-state index contributed by atoms with van der Waals surface area (Å²) in [6.07, 6.45) is 5.21. The SMILES string of the molecule is C=CCn1c(C)nnc1SC(C(=O)N1CCCCC1)c1ccccc1. The normalized spacial score (nSPS) is 15.8. The van der Waals surface area contributed by atoms with Crippen molar-refractivity contribution in [1.82, 2.24) is 19.7 Å². The highest BCUT2D eigenvalue weighted by Gasteiger charge is 2.29. The smallest absolute Gasteiger partial charge is 0.240 e. The first-order chi connectivity index (χ1) is 12.2. The molecule has 0 saturated carbocycles. The molecular formula is C19H24N4OS. The summed E-state index contributed by atoms with van der Waals surface area (Å²) in [4.78, 5) is 15.2. The molecule has 1 aliphatic heterocycles. The fraction of sp³-hybridized carbons (Fsp3) is 0.421. The fourth-order valence-corrected chi connectivity index (χ4v) is 4.24. The van der Waals surface area contributed by atoms with Crippen LogP contribution in [0.2, 0.25) is 0 Å². The fourth-order valence-electron chi connectivity index (χ4n) is 3.06. The van der Waals surface area contributed by atoms with Crippen LogP contribution in [0.5, 0.6) is 0 Å². The van der Waals surface area contributed by atoms with E-state index in [-0.39, 0.29) is 11.2 Å². The summed E-state index contributed by atoms with van der Waals surface area (Å²) in [5.41, 5.74) is 1.01. The van der Waals surface area contributed by atoms with Gasteiger partial charge in [0.15, 0.2) is 5.16 Å². The molecule has 25 heavy (non-hydrogen) atoms. The maximum absolute atomic E-state index is 13.2. The molecule has 0 spiro atoms. The Morgan fingerprint density at radius 2 is 1.96 bits per heavy atom. The molecule has 1 saturated heterocycles. The molecule has 1 atom stereocenters. The number of amides is 1. The number of hydrogen-bond acceptors (Lipinski definition) is 4. The Morgan fingerprint density at radius 1 is 1.24 bits per heavy atom. The van der Waals surface area contributed by atoms with Crippen LogP contribution in [0.15, 0.2) is 48.1 Å². The van der Waals surface area contributed by atoms with Crippen molar-refractivity contribution in [1.29, 1.82) is 0 Å². The standard InChI is InChI=1S/C19H24N4OS/c1-3-12-23-15(2)20-21-19(23)25-17(16-10-6-4-7-11-16)18(24)22-13-8-5-9-14-22/h3-4,6-7,10-11,17H,1,5,8-9,12-14H2,2H3. The van der Waals surface area contributed by atoms with Gasteiger partial charge in [-0.05, 0) is 31.7 Å². The molecule has 2 heterocycles. The number of carbonyl (C=O) groups excluding carboxylic acids is 1. The lowest BCUT2D eigenvalue weighted by molar-refractivity contribution is -0.131. The predicted molar refractivity (Wildman–Crippen MR) is 100 cm³/mol. The number of aryl methyl sites for hydroxylation is 1. The third-order valence-corrected chi connectivity index (χ3v) is 5.65. The van der Waals surface area contributed by atoms with Gasteiger partial charge in [-0.1, -0.05) is 48.2 Å². The van der Waals surface area contributed by atoms with E-state index < -0.39 is 0 Å². The molecule has 1 aromatic carbocycles. The quantitative estimate of drug-likeness (QED) is 0.586. The van der Waals surface area contributed by atoms with Crippen LogP contribution in [0, 0.1) is 6.92 Å². The molecule has 1 unspecified atom stereocenters. The molecule has 0 aliphatic carbocycles. The number of nitrogens with zero attached hydrogens (tertiary/aromatic N) is 4. The molecule has 132 valence electrons. The average Bonchev–Trinajstić information content (AvgIpc) is 3.01. The Morgan fingerprint density at radius 3 is 2.64 bits per heavy atom. The predicted octanol–water partition coefficient (Wildman–Crippen LogP) is 3.62. The zero-order valence-electron chi connectivity index (χ0n) is 14.6. The highest BCUT2D eigenvalue weighted by atomic mass is 32.2. The number of allylic oxidation sites excluding steroid dienone is 1. The van der Waals surface area contributed by atoms with Crippen LogP contribution < -0.4 is 0 Å². The highest BCUT2D eigenvalue weighted by Crippen LogP contribution is 2.36. The van der Waals surface area contributed by atoms with E-state index in [1.807, 2.05) is 52.8 Å². The Labute approximate surface area is 153 Å². The van der Waals surface area contributed by atoms with Crippen LogP contribution in [0.1, 0.15) is 35.9 Å². The number of piperidine rings is 1. The van der Waals surface area contributed by atoms with Gasteiger partial charge in [0.05, 0.1) is 0 Å². The molecule has 5 nitrogen and oxygen atoms in total. The molecule has 6 heteroatoms. The molecule has 2 aromatic rings. The topological polar surface area (TPSA) is 51.0 Å².